The van der Waals surface area contributed by atoms with Crippen LogP contribution in [0.3, 0.4) is 0 Å². The van der Waals surface area contributed by atoms with E-state index in [4.69, 9.17) is 4.74 Å². The van der Waals surface area contributed by atoms with Crippen molar-refractivity contribution in [2.75, 3.05) is 7.11 Å². The molecule has 0 radical (unpaired) electrons. The van der Waals surface area contributed by atoms with Crippen molar-refractivity contribution in [3.63, 3.8) is 0 Å². The van der Waals surface area contributed by atoms with Crippen LogP contribution in [-0.2, 0) is 4.74 Å². The van der Waals surface area contributed by atoms with Gasteiger partial charge in [-0.05, 0) is 31.9 Å². The first kappa shape index (κ1) is 15.3. The van der Waals surface area contributed by atoms with Crippen molar-refractivity contribution in [1.29, 1.82) is 0 Å². The molecule has 0 aliphatic heterocycles. The van der Waals surface area contributed by atoms with Crippen molar-refractivity contribution in [2.45, 2.75) is 26.8 Å². The van der Waals surface area contributed by atoms with Gasteiger partial charge in [0.25, 0.3) is 0 Å². The second kappa shape index (κ2) is 5.88. The van der Waals surface area contributed by atoms with E-state index in [-0.39, 0.29) is 12.0 Å². The van der Waals surface area contributed by atoms with E-state index in [0.717, 1.165) is 22.2 Å². The number of pyridine rings is 1. The second-order valence-corrected chi connectivity index (χ2v) is 5.76. The van der Waals surface area contributed by atoms with Crippen LogP contribution in [0.25, 0.3) is 10.9 Å². The fourth-order valence-corrected chi connectivity index (χ4v) is 3.27. The molecule has 0 aliphatic rings. The number of aromatic nitrogens is 2. The molecule has 23 heavy (non-hydrogen) atoms. The molecule has 4 nitrogen and oxygen atoms in total. The molecule has 0 amide bonds. The molecule has 0 aliphatic carbocycles. The third-order valence-corrected chi connectivity index (χ3v) is 4.41. The van der Waals surface area contributed by atoms with Crippen molar-refractivity contribution < 1.29 is 9.53 Å². The minimum absolute atomic E-state index is 0.0979. The predicted molar refractivity (Wildman–Crippen MR) is 90.8 cm³/mol. The van der Waals surface area contributed by atoms with Crippen LogP contribution < -0.4 is 0 Å². The number of benzene rings is 1. The number of hydrogen-bond acceptors (Lipinski definition) is 3. The number of fused-ring (bicyclic) bond motifs is 1. The van der Waals surface area contributed by atoms with E-state index in [0.29, 0.717) is 5.56 Å². The Morgan fingerprint density at radius 2 is 1.87 bits per heavy atom. The molecule has 0 N–H and O–H groups in total. The molecule has 0 saturated heterocycles. The molecule has 1 atom stereocenters. The van der Waals surface area contributed by atoms with Crippen molar-refractivity contribution in [3.8, 4) is 0 Å². The summed E-state index contributed by atoms with van der Waals surface area (Å²) in [6, 6.07) is 10.3. The number of nitrogens with zero attached hydrogens (tertiary/aromatic N) is 2. The Balaban J connectivity index is 2.32. The van der Waals surface area contributed by atoms with Crippen LogP contribution in [0.4, 0.5) is 0 Å². The lowest BCUT2D eigenvalue weighted by molar-refractivity contribution is 0.0601. The summed E-state index contributed by atoms with van der Waals surface area (Å²) in [7, 11) is 1.42. The SMILES string of the molecule is COC(=O)c1c(C)n(C(C)c2ccccc2)c2cncc(C)c12. The summed E-state index contributed by atoms with van der Waals surface area (Å²) in [5.74, 6) is -0.305. The van der Waals surface area contributed by atoms with Crippen LogP contribution in [0.2, 0.25) is 0 Å². The Kier molecular flexibility index (Phi) is 3.90. The van der Waals surface area contributed by atoms with Crippen molar-refractivity contribution in [1.82, 2.24) is 9.55 Å². The standard InChI is InChI=1S/C19H20N2O2/c1-12-10-20-11-16-17(12)18(19(22)23-4)14(3)21(16)13(2)15-8-6-5-7-9-15/h5-11,13H,1-4H3. The Hall–Kier alpha value is -2.62. The van der Waals surface area contributed by atoms with Crippen molar-refractivity contribution in [3.05, 3.63) is 65.1 Å². The average molecular weight is 308 g/mol. The van der Waals surface area contributed by atoms with Gasteiger partial charge in [-0.25, -0.2) is 4.79 Å². The van der Waals surface area contributed by atoms with Gasteiger partial charge in [0.05, 0.1) is 30.4 Å². The topological polar surface area (TPSA) is 44.1 Å². The van der Waals surface area contributed by atoms with Crippen LogP contribution in [0.1, 0.15) is 40.1 Å². The maximum Gasteiger partial charge on any atom is 0.340 e. The van der Waals surface area contributed by atoms with Crippen molar-refractivity contribution in [2.24, 2.45) is 0 Å². The Bertz CT molecular complexity index is 866. The normalized spacial score (nSPS) is 12.3. The quantitative estimate of drug-likeness (QED) is 0.686. The highest BCUT2D eigenvalue weighted by atomic mass is 16.5. The largest absolute Gasteiger partial charge is 0.465 e. The molecule has 4 heteroatoms. The summed E-state index contributed by atoms with van der Waals surface area (Å²) >= 11 is 0. The monoisotopic (exact) mass is 308 g/mol. The highest BCUT2D eigenvalue weighted by Gasteiger charge is 2.24. The number of ether oxygens (including phenoxy) is 1. The molecule has 2 aromatic heterocycles. The second-order valence-electron chi connectivity index (χ2n) is 5.76. The third-order valence-electron chi connectivity index (χ3n) is 4.41. The average Bonchev–Trinajstić information content (AvgIpc) is 2.88. The Morgan fingerprint density at radius 3 is 2.52 bits per heavy atom. The highest BCUT2D eigenvalue weighted by molar-refractivity contribution is 6.07. The Morgan fingerprint density at radius 1 is 1.17 bits per heavy atom. The molecule has 2 heterocycles. The molecule has 3 aromatic rings. The van der Waals surface area contributed by atoms with Gasteiger partial charge in [-0.1, -0.05) is 30.3 Å². The minimum atomic E-state index is -0.305. The summed E-state index contributed by atoms with van der Waals surface area (Å²) in [6.45, 7) is 6.06. The van der Waals surface area contributed by atoms with Gasteiger partial charge < -0.3 is 9.30 Å². The van der Waals surface area contributed by atoms with Crippen LogP contribution in [-0.4, -0.2) is 22.6 Å². The number of carbonyl (C=O) groups excluding carboxylic acids is 1. The van der Waals surface area contributed by atoms with Gasteiger partial charge in [0.1, 0.15) is 0 Å². The van der Waals surface area contributed by atoms with Crippen LogP contribution >= 0.6 is 0 Å². The number of esters is 1. The van der Waals surface area contributed by atoms with E-state index >= 15 is 0 Å². The zero-order valence-electron chi connectivity index (χ0n) is 13.8. The molecular weight excluding hydrogens is 288 g/mol. The maximum absolute atomic E-state index is 12.3. The number of methoxy groups -OCH3 is 1. The van der Waals surface area contributed by atoms with Crippen LogP contribution in [0.15, 0.2) is 42.7 Å². The fraction of sp³-hybridized carbons (Fsp3) is 0.263. The molecule has 1 unspecified atom stereocenters. The first-order valence-electron chi connectivity index (χ1n) is 7.64. The predicted octanol–water partition coefficient (Wildman–Crippen LogP) is 4.05. The van der Waals surface area contributed by atoms with Gasteiger partial charge in [-0.3, -0.25) is 4.98 Å². The van der Waals surface area contributed by atoms with Gasteiger partial charge in [0, 0.05) is 17.3 Å². The molecule has 0 fully saturated rings. The summed E-state index contributed by atoms with van der Waals surface area (Å²) in [4.78, 5) is 16.6. The molecule has 0 spiro atoms. The number of aryl methyl sites for hydroxylation is 1. The molecular formula is C19H20N2O2. The van der Waals surface area contributed by atoms with E-state index in [9.17, 15) is 4.79 Å². The molecule has 0 saturated carbocycles. The van der Waals surface area contributed by atoms with Crippen LogP contribution in [0.5, 0.6) is 0 Å². The maximum atomic E-state index is 12.3. The zero-order valence-corrected chi connectivity index (χ0v) is 13.8. The van der Waals surface area contributed by atoms with Gasteiger partial charge in [0.15, 0.2) is 0 Å². The van der Waals surface area contributed by atoms with Gasteiger partial charge in [-0.2, -0.15) is 0 Å². The molecule has 118 valence electrons. The summed E-state index contributed by atoms with van der Waals surface area (Å²) in [5, 5.41) is 0.923. The lowest BCUT2D eigenvalue weighted by atomic mass is 10.1. The van der Waals surface area contributed by atoms with Gasteiger partial charge in [-0.15, -0.1) is 0 Å². The van der Waals surface area contributed by atoms with E-state index in [1.165, 1.54) is 12.7 Å². The summed E-state index contributed by atoms with van der Waals surface area (Å²) < 4.78 is 7.17. The van der Waals surface area contributed by atoms with E-state index in [2.05, 4.69) is 28.6 Å². The minimum Gasteiger partial charge on any atom is -0.465 e. The van der Waals surface area contributed by atoms with E-state index in [1.807, 2.05) is 38.2 Å². The lowest BCUT2D eigenvalue weighted by Crippen LogP contribution is -2.10. The number of carbonyl (C=O) groups is 1. The lowest BCUT2D eigenvalue weighted by Gasteiger charge is -2.18. The molecule has 0 bridgehead atoms. The van der Waals surface area contributed by atoms with E-state index in [1.54, 1.807) is 6.20 Å². The van der Waals surface area contributed by atoms with Gasteiger partial charge >= 0.3 is 5.97 Å². The zero-order chi connectivity index (χ0) is 16.6. The first-order valence-corrected chi connectivity index (χ1v) is 7.64. The Labute approximate surface area is 135 Å². The first-order chi connectivity index (χ1) is 11.1. The summed E-state index contributed by atoms with van der Waals surface area (Å²) in [6.07, 6.45) is 3.60. The molecule has 1 aromatic carbocycles. The highest BCUT2D eigenvalue weighted by Crippen LogP contribution is 2.33. The van der Waals surface area contributed by atoms with Crippen LogP contribution in [0, 0.1) is 13.8 Å². The smallest absolute Gasteiger partial charge is 0.340 e. The van der Waals surface area contributed by atoms with Crippen molar-refractivity contribution >= 4 is 16.9 Å². The number of hydrogen-bond donors (Lipinski definition) is 0. The third kappa shape index (κ3) is 2.40. The summed E-state index contributed by atoms with van der Waals surface area (Å²) in [5.41, 5.74) is 4.65. The number of rotatable bonds is 3. The van der Waals surface area contributed by atoms with E-state index < -0.39 is 0 Å². The fourth-order valence-electron chi connectivity index (χ4n) is 3.27. The molecule has 3 rings (SSSR count). The van der Waals surface area contributed by atoms with Gasteiger partial charge in [0.2, 0.25) is 0 Å².